The van der Waals surface area contributed by atoms with Crippen LogP contribution < -0.4 is 0 Å². The van der Waals surface area contributed by atoms with Gasteiger partial charge in [-0.15, -0.1) is 11.3 Å². The van der Waals surface area contributed by atoms with Crippen molar-refractivity contribution in [2.24, 2.45) is 0 Å². The van der Waals surface area contributed by atoms with E-state index in [-0.39, 0.29) is 5.91 Å². The van der Waals surface area contributed by atoms with Crippen molar-refractivity contribution in [3.8, 4) is 0 Å². The smallest absolute Gasteiger partial charge is 0.255 e. The second-order valence-corrected chi connectivity index (χ2v) is 8.81. The largest absolute Gasteiger partial charge is 0.361 e. The molecule has 2 aromatic heterocycles. The number of nitrogens with zero attached hydrogens (tertiary/aromatic N) is 3. The molecule has 6 heteroatoms. The van der Waals surface area contributed by atoms with Crippen LogP contribution in [0.3, 0.4) is 0 Å². The molecule has 1 saturated carbocycles. The van der Waals surface area contributed by atoms with Crippen LogP contribution in [0.15, 0.2) is 9.90 Å². The number of aromatic nitrogens is 1. The summed E-state index contributed by atoms with van der Waals surface area (Å²) >= 11 is 1.75. The zero-order valence-electron chi connectivity index (χ0n) is 16.6. The Morgan fingerprint density at radius 2 is 2.15 bits per heavy atom. The maximum absolute atomic E-state index is 13.2. The molecule has 0 atom stereocenters. The number of fused-ring (bicyclic) bond motifs is 1. The van der Waals surface area contributed by atoms with Gasteiger partial charge in [-0.25, -0.2) is 0 Å². The van der Waals surface area contributed by atoms with E-state index >= 15 is 0 Å². The van der Waals surface area contributed by atoms with Crippen LogP contribution in [0.1, 0.15) is 70.4 Å². The van der Waals surface area contributed by atoms with Crippen LogP contribution in [-0.2, 0) is 19.5 Å². The minimum atomic E-state index is 0.251. The lowest BCUT2D eigenvalue weighted by Gasteiger charge is -2.30. The first-order chi connectivity index (χ1) is 13.1. The van der Waals surface area contributed by atoms with Crippen molar-refractivity contribution in [2.75, 3.05) is 13.1 Å². The summed E-state index contributed by atoms with van der Waals surface area (Å²) in [5.74, 6) is 1.16. The number of thiophene rings is 1. The van der Waals surface area contributed by atoms with Crippen molar-refractivity contribution in [2.45, 2.75) is 72.0 Å². The Bertz CT molecular complexity index is 800. The van der Waals surface area contributed by atoms with Gasteiger partial charge in [-0.3, -0.25) is 9.69 Å². The van der Waals surface area contributed by atoms with Crippen LogP contribution in [-0.4, -0.2) is 40.0 Å². The molecule has 1 amide bonds. The number of hydrogen-bond donors (Lipinski definition) is 0. The number of carbonyl (C=O) groups is 1. The van der Waals surface area contributed by atoms with Gasteiger partial charge in [-0.1, -0.05) is 18.0 Å². The molecule has 0 spiro atoms. The zero-order chi connectivity index (χ0) is 19.0. The topological polar surface area (TPSA) is 49.6 Å². The predicted molar refractivity (Wildman–Crippen MR) is 107 cm³/mol. The van der Waals surface area contributed by atoms with Crippen molar-refractivity contribution < 1.29 is 9.32 Å². The van der Waals surface area contributed by atoms with E-state index in [1.165, 1.54) is 28.8 Å². The number of carbonyl (C=O) groups excluding carboxylic acids is 1. The molecule has 0 saturated heterocycles. The maximum Gasteiger partial charge on any atom is 0.255 e. The molecule has 1 aliphatic carbocycles. The molecule has 4 rings (SSSR count). The van der Waals surface area contributed by atoms with Crippen LogP contribution in [0.2, 0.25) is 0 Å². The molecule has 0 N–H and O–H groups in total. The molecule has 1 fully saturated rings. The van der Waals surface area contributed by atoms with Gasteiger partial charge in [0.2, 0.25) is 0 Å². The van der Waals surface area contributed by atoms with Crippen LogP contribution in [0.5, 0.6) is 0 Å². The van der Waals surface area contributed by atoms with Gasteiger partial charge in [0, 0.05) is 48.0 Å². The Balaban J connectivity index is 1.49. The fraction of sp³-hybridized carbons (Fsp3) is 0.619. The summed E-state index contributed by atoms with van der Waals surface area (Å²) in [6.45, 7) is 9.66. The molecule has 0 radical (unpaired) electrons. The Labute approximate surface area is 165 Å². The van der Waals surface area contributed by atoms with E-state index in [1.807, 2.05) is 13.8 Å². The third kappa shape index (κ3) is 3.57. The molecule has 3 heterocycles. The third-order valence-corrected chi connectivity index (χ3v) is 7.20. The minimum absolute atomic E-state index is 0.251. The molecule has 0 unspecified atom stereocenters. The standard InChI is InChI=1S/C21H29N3O2S/c1-4-24(16-7-5-6-8-16)21(25)19-13-27-20-12-23(10-9-17(19)20)11-18-14(2)22-26-15(18)3/h13,16H,4-12H2,1-3H3. The summed E-state index contributed by atoms with van der Waals surface area (Å²) in [6, 6.07) is 0.442. The average molecular weight is 388 g/mol. The third-order valence-electron chi connectivity index (χ3n) is 6.19. The van der Waals surface area contributed by atoms with E-state index in [4.69, 9.17) is 4.52 Å². The highest BCUT2D eigenvalue weighted by Crippen LogP contribution is 2.32. The summed E-state index contributed by atoms with van der Waals surface area (Å²) in [4.78, 5) is 19.1. The fourth-order valence-corrected chi connectivity index (χ4v) is 5.70. The van der Waals surface area contributed by atoms with Crippen molar-refractivity contribution in [1.82, 2.24) is 15.0 Å². The second kappa shape index (κ2) is 7.76. The number of amides is 1. The molecule has 27 heavy (non-hydrogen) atoms. The summed E-state index contributed by atoms with van der Waals surface area (Å²) in [7, 11) is 0. The van der Waals surface area contributed by atoms with Crippen molar-refractivity contribution >= 4 is 17.2 Å². The van der Waals surface area contributed by atoms with Gasteiger partial charge in [-0.05, 0) is 45.6 Å². The SMILES string of the molecule is CCN(C(=O)c1csc2c1CCN(Cc1c(C)noc1C)C2)C1CCCC1. The van der Waals surface area contributed by atoms with Crippen LogP contribution >= 0.6 is 11.3 Å². The van der Waals surface area contributed by atoms with Crippen molar-refractivity contribution in [3.63, 3.8) is 0 Å². The van der Waals surface area contributed by atoms with Crippen molar-refractivity contribution in [3.05, 3.63) is 38.4 Å². The van der Waals surface area contributed by atoms with Gasteiger partial charge in [0.1, 0.15) is 5.76 Å². The van der Waals surface area contributed by atoms with Crippen LogP contribution in [0.25, 0.3) is 0 Å². The van der Waals surface area contributed by atoms with Gasteiger partial charge in [0.15, 0.2) is 0 Å². The molecular formula is C21H29N3O2S. The van der Waals surface area contributed by atoms with E-state index < -0.39 is 0 Å². The predicted octanol–water partition coefficient (Wildman–Crippen LogP) is 4.32. The monoisotopic (exact) mass is 387 g/mol. The molecule has 146 valence electrons. The summed E-state index contributed by atoms with van der Waals surface area (Å²) in [6.07, 6.45) is 5.79. The van der Waals surface area contributed by atoms with Gasteiger partial charge in [0.05, 0.1) is 11.3 Å². The molecule has 1 aliphatic heterocycles. The zero-order valence-corrected chi connectivity index (χ0v) is 17.4. The van der Waals surface area contributed by atoms with E-state index in [2.05, 4.69) is 27.3 Å². The van der Waals surface area contributed by atoms with E-state index in [0.29, 0.717) is 6.04 Å². The Kier molecular flexibility index (Phi) is 5.37. The van der Waals surface area contributed by atoms with Crippen LogP contribution in [0, 0.1) is 13.8 Å². The molecule has 0 aromatic carbocycles. The molecule has 2 aliphatic rings. The lowest BCUT2D eigenvalue weighted by molar-refractivity contribution is 0.0692. The van der Waals surface area contributed by atoms with E-state index in [9.17, 15) is 4.79 Å². The Morgan fingerprint density at radius 3 is 2.81 bits per heavy atom. The summed E-state index contributed by atoms with van der Waals surface area (Å²) in [5.41, 5.74) is 4.43. The van der Waals surface area contributed by atoms with E-state index in [0.717, 1.165) is 62.5 Å². The number of rotatable bonds is 5. The van der Waals surface area contributed by atoms with E-state index in [1.54, 1.807) is 11.3 Å². The highest BCUT2D eigenvalue weighted by molar-refractivity contribution is 7.10. The quantitative estimate of drug-likeness (QED) is 0.767. The second-order valence-electron chi connectivity index (χ2n) is 7.84. The van der Waals surface area contributed by atoms with Crippen molar-refractivity contribution in [1.29, 1.82) is 0 Å². The van der Waals surface area contributed by atoms with Gasteiger partial charge < -0.3 is 9.42 Å². The number of aryl methyl sites for hydroxylation is 2. The van der Waals surface area contributed by atoms with Gasteiger partial charge >= 0.3 is 0 Å². The molecule has 2 aromatic rings. The Morgan fingerprint density at radius 1 is 1.37 bits per heavy atom. The van der Waals surface area contributed by atoms with Crippen LogP contribution in [0.4, 0.5) is 0 Å². The first kappa shape index (κ1) is 18.7. The van der Waals surface area contributed by atoms with Gasteiger partial charge in [-0.2, -0.15) is 0 Å². The first-order valence-electron chi connectivity index (χ1n) is 10.1. The minimum Gasteiger partial charge on any atom is -0.361 e. The molecular weight excluding hydrogens is 358 g/mol. The average Bonchev–Trinajstić information content (AvgIpc) is 3.39. The fourth-order valence-electron chi connectivity index (χ4n) is 4.59. The Hall–Kier alpha value is -1.66. The highest BCUT2D eigenvalue weighted by atomic mass is 32.1. The maximum atomic E-state index is 13.2. The van der Waals surface area contributed by atoms with Gasteiger partial charge in [0.25, 0.3) is 5.91 Å². The highest BCUT2D eigenvalue weighted by Gasteiger charge is 2.30. The lowest BCUT2D eigenvalue weighted by Crippen LogP contribution is -2.39. The summed E-state index contributed by atoms with van der Waals surface area (Å²) < 4.78 is 5.31. The molecule has 5 nitrogen and oxygen atoms in total. The number of hydrogen-bond acceptors (Lipinski definition) is 5. The normalized spacial score (nSPS) is 18.0. The summed E-state index contributed by atoms with van der Waals surface area (Å²) in [5, 5.41) is 6.17. The lowest BCUT2D eigenvalue weighted by atomic mass is 10.0. The molecule has 0 bridgehead atoms. The first-order valence-corrected chi connectivity index (χ1v) is 11.0.